The third-order valence-corrected chi connectivity index (χ3v) is 14.0. The summed E-state index contributed by atoms with van der Waals surface area (Å²) in [5.74, 6) is -0.674. The Morgan fingerprint density at radius 3 is 0.971 bits per heavy atom. The lowest BCUT2D eigenvalue weighted by molar-refractivity contribution is -0.123. The number of aliphatic hydroxyl groups is 3. The zero-order valence-electron chi connectivity index (χ0n) is 41.9. The van der Waals surface area contributed by atoms with Crippen LogP contribution in [-0.2, 0) is 52.3 Å². The second kappa shape index (κ2) is 32.8. The van der Waals surface area contributed by atoms with Crippen LogP contribution in [0.1, 0.15) is 209 Å². The van der Waals surface area contributed by atoms with Crippen LogP contribution in [0.4, 0.5) is 0 Å². The number of rotatable bonds is 36. The molecule has 0 aliphatic rings. The molecule has 13 nitrogen and oxygen atoms in total. The van der Waals surface area contributed by atoms with Gasteiger partial charge in [0.15, 0.2) is 0 Å². The van der Waals surface area contributed by atoms with Crippen molar-refractivity contribution in [3.8, 4) is 0 Å². The number of carbonyl (C=O) groups is 3. The van der Waals surface area contributed by atoms with Gasteiger partial charge < -0.3 is 31.3 Å². The summed E-state index contributed by atoms with van der Waals surface area (Å²) in [4.78, 5) is 40.9. The van der Waals surface area contributed by atoms with E-state index in [9.17, 15) is 29.7 Å². The number of amides is 3. The van der Waals surface area contributed by atoms with Crippen LogP contribution in [0, 0.1) is 0 Å². The van der Waals surface area contributed by atoms with E-state index < -0.39 is 44.3 Å². The van der Waals surface area contributed by atoms with Crippen molar-refractivity contribution in [2.75, 3.05) is 0 Å². The van der Waals surface area contributed by atoms with Gasteiger partial charge in [-0.3, -0.25) is 28.0 Å². The minimum atomic E-state index is -4.80. The van der Waals surface area contributed by atoms with E-state index in [1.807, 2.05) is 0 Å². The Hall–Kier alpha value is -3.94. The summed E-state index contributed by atoms with van der Waals surface area (Å²) < 4.78 is 35.4. The van der Waals surface area contributed by atoms with Crippen LogP contribution in [0.5, 0.6) is 0 Å². The van der Waals surface area contributed by atoms with Gasteiger partial charge in [-0.05, 0) is 73.4 Å². The Labute approximate surface area is 407 Å². The zero-order valence-corrected chi connectivity index (χ0v) is 42.8. The summed E-state index contributed by atoms with van der Waals surface area (Å²) in [6.45, 7) is 10.7. The lowest BCUT2D eigenvalue weighted by Gasteiger charge is -2.35. The summed E-state index contributed by atoms with van der Waals surface area (Å²) in [5, 5.41) is 39.6. The van der Waals surface area contributed by atoms with E-state index in [4.69, 9.17) is 13.6 Å². The molecule has 0 bridgehead atoms. The number of unbranched alkanes of at least 4 members (excludes halogenated alkanes) is 12. The fourth-order valence-corrected chi connectivity index (χ4v) is 10.1. The quantitative estimate of drug-likeness (QED) is 0.0241. The maximum Gasteiger partial charge on any atom is 0.475 e. The lowest BCUT2D eigenvalue weighted by atomic mass is 9.99. The molecular formula is C54H84N3O10P. The first-order valence-electron chi connectivity index (χ1n) is 25.4. The van der Waals surface area contributed by atoms with Crippen molar-refractivity contribution >= 4 is 25.5 Å². The van der Waals surface area contributed by atoms with Gasteiger partial charge in [0.25, 0.3) is 0 Å². The molecule has 6 N–H and O–H groups in total. The highest BCUT2D eigenvalue weighted by atomic mass is 31.2. The normalized spacial score (nSPS) is 15.1. The average molecular weight is 966 g/mol. The number of aliphatic hydroxyl groups excluding tert-OH is 3. The first-order valence-corrected chi connectivity index (χ1v) is 26.9. The van der Waals surface area contributed by atoms with E-state index in [0.29, 0.717) is 52.6 Å². The van der Waals surface area contributed by atoms with Crippen molar-refractivity contribution in [3.63, 3.8) is 0 Å². The van der Waals surface area contributed by atoms with Crippen LogP contribution < -0.4 is 16.0 Å². The predicted molar refractivity (Wildman–Crippen MR) is 269 cm³/mol. The molecule has 0 saturated heterocycles. The summed E-state index contributed by atoms with van der Waals surface area (Å²) in [6, 6.07) is 18.6. The number of phosphoric acid groups is 1. The van der Waals surface area contributed by atoms with Gasteiger partial charge in [0.1, 0.15) is 0 Å². The molecule has 0 aromatic heterocycles. The van der Waals surface area contributed by atoms with Crippen molar-refractivity contribution in [1.29, 1.82) is 0 Å². The van der Waals surface area contributed by atoms with Crippen LogP contribution in [0.15, 0.2) is 72.8 Å². The van der Waals surface area contributed by atoms with Crippen LogP contribution >= 0.6 is 7.82 Å². The summed E-state index contributed by atoms with van der Waals surface area (Å²) in [7, 11) is -4.80. The van der Waals surface area contributed by atoms with E-state index in [1.54, 1.807) is 93.6 Å². The van der Waals surface area contributed by atoms with Crippen LogP contribution in [0.25, 0.3) is 0 Å². The number of benzene rings is 3. The Morgan fingerprint density at radius 1 is 0.456 bits per heavy atom. The second-order valence-electron chi connectivity index (χ2n) is 18.2. The number of hydrogen-bond acceptors (Lipinski definition) is 10. The molecule has 3 rings (SSSR count). The number of hydrogen-bond donors (Lipinski definition) is 6. The zero-order chi connectivity index (χ0) is 49.7. The van der Waals surface area contributed by atoms with Gasteiger partial charge in [-0.1, -0.05) is 171 Å². The fraction of sp³-hybridized carbons (Fsp3) is 0.611. The molecule has 6 atom stereocenters. The minimum Gasteiger partial charge on any atom is -0.392 e. The van der Waals surface area contributed by atoms with E-state index >= 15 is 4.57 Å². The highest BCUT2D eigenvalue weighted by Gasteiger charge is 2.41. The van der Waals surface area contributed by atoms with E-state index in [0.717, 1.165) is 77.0 Å². The molecular weight excluding hydrogens is 882 g/mol. The van der Waals surface area contributed by atoms with Crippen molar-refractivity contribution < 1.29 is 47.8 Å². The molecule has 0 aliphatic carbocycles. The smallest absolute Gasteiger partial charge is 0.392 e. The molecule has 68 heavy (non-hydrogen) atoms. The first-order chi connectivity index (χ1) is 32.8. The number of carbonyl (C=O) groups excluding carboxylic acids is 3. The van der Waals surface area contributed by atoms with Gasteiger partial charge in [-0.25, -0.2) is 4.57 Å². The van der Waals surface area contributed by atoms with E-state index in [1.165, 1.54) is 0 Å². The van der Waals surface area contributed by atoms with Crippen LogP contribution in [-0.4, -0.2) is 51.4 Å². The average Bonchev–Trinajstić information content (AvgIpc) is 3.33. The molecule has 0 fully saturated rings. The molecule has 0 aliphatic heterocycles. The van der Waals surface area contributed by atoms with Gasteiger partial charge in [0.05, 0.1) is 56.3 Å². The standard InChI is InChI=1S/C54H84N3O10P/c1-7-10-13-16-19-31-49(61)55-52(46-28-22-25-43(34-46)37-58)40(4)65-68(64,66-41(5)53(47-29-23-26-44(35-47)38-59)56-50(62)32-20-17-14-11-8-2)67-42(6)54(48-30-24-27-45(36-48)39-60)57-51(63)33-21-18-15-12-9-3/h22-30,34-36,40-42,52-54,58-60H,7-21,31-33,37-39H2,1-6H3,(H,55,61)(H,56,62)(H,57,63). The molecule has 0 heterocycles. The molecule has 380 valence electrons. The van der Waals surface area contributed by atoms with Crippen molar-refractivity contribution in [3.05, 3.63) is 106 Å². The van der Waals surface area contributed by atoms with Crippen molar-refractivity contribution in [2.24, 2.45) is 0 Å². The minimum absolute atomic E-state index is 0.225. The predicted octanol–water partition coefficient (Wildman–Crippen LogP) is 11.4. The maximum absolute atomic E-state index is 15.8. The molecule has 0 spiro atoms. The first kappa shape index (κ1) is 58.4. The second-order valence-corrected chi connectivity index (χ2v) is 19.7. The third-order valence-electron chi connectivity index (χ3n) is 12.2. The van der Waals surface area contributed by atoms with Crippen LogP contribution in [0.3, 0.4) is 0 Å². The van der Waals surface area contributed by atoms with Gasteiger partial charge in [0.2, 0.25) is 17.7 Å². The Kier molecular flexibility index (Phi) is 28.2. The molecule has 0 radical (unpaired) electrons. The Morgan fingerprint density at radius 2 is 0.721 bits per heavy atom. The highest BCUT2D eigenvalue weighted by Crippen LogP contribution is 2.56. The van der Waals surface area contributed by atoms with Gasteiger partial charge in [0, 0.05) is 19.3 Å². The summed E-state index contributed by atoms with van der Waals surface area (Å²) in [5.41, 5.74) is 3.63. The van der Waals surface area contributed by atoms with Gasteiger partial charge >= 0.3 is 7.82 Å². The molecule has 3 aromatic rings. The molecule has 0 saturated carbocycles. The topological polar surface area (TPSA) is 193 Å². The van der Waals surface area contributed by atoms with Crippen molar-refractivity contribution in [1.82, 2.24) is 16.0 Å². The highest BCUT2D eigenvalue weighted by molar-refractivity contribution is 7.48. The molecule has 6 unspecified atom stereocenters. The monoisotopic (exact) mass is 966 g/mol. The number of phosphoric ester groups is 1. The SMILES string of the molecule is CCCCCCCC(=O)NC(c1cccc(CO)c1)C(C)OP(=O)(OC(C)C(NC(=O)CCCCCCC)c1cccc(CO)c1)OC(C)C(NC(=O)CCCCCCC)c1cccc(CO)c1. The summed E-state index contributed by atoms with van der Waals surface area (Å²) in [6.07, 6.45) is 12.0. The van der Waals surface area contributed by atoms with Crippen molar-refractivity contribution in [2.45, 2.75) is 213 Å². The molecule has 3 amide bonds. The molecule has 3 aromatic carbocycles. The fourth-order valence-electron chi connectivity index (χ4n) is 8.34. The number of nitrogens with one attached hydrogen (secondary N) is 3. The summed E-state index contributed by atoms with van der Waals surface area (Å²) >= 11 is 0. The van der Waals surface area contributed by atoms with E-state index in [-0.39, 0.29) is 56.8 Å². The largest absolute Gasteiger partial charge is 0.475 e. The van der Waals surface area contributed by atoms with Crippen LogP contribution in [0.2, 0.25) is 0 Å². The maximum atomic E-state index is 15.8. The van der Waals surface area contributed by atoms with Gasteiger partial charge in [-0.15, -0.1) is 0 Å². The third kappa shape index (κ3) is 21.4. The Bertz CT molecular complexity index is 1750. The lowest BCUT2D eigenvalue weighted by Crippen LogP contribution is -2.39. The Balaban J connectivity index is 2.11. The van der Waals surface area contributed by atoms with Gasteiger partial charge in [-0.2, -0.15) is 0 Å². The molecule has 14 heteroatoms. The van der Waals surface area contributed by atoms with E-state index in [2.05, 4.69) is 36.7 Å².